The summed E-state index contributed by atoms with van der Waals surface area (Å²) in [5.74, 6) is -0.453. The number of aryl methyl sites for hydroxylation is 2. The van der Waals surface area contributed by atoms with Crippen LogP contribution >= 0.6 is 0 Å². The van der Waals surface area contributed by atoms with Crippen LogP contribution < -0.4 is 5.32 Å². The number of rotatable bonds is 5. The van der Waals surface area contributed by atoms with Crippen molar-refractivity contribution in [3.8, 4) is 0 Å². The lowest BCUT2D eigenvalue weighted by Gasteiger charge is -2.20. The molecule has 0 aromatic carbocycles. The molecule has 1 saturated carbocycles. The third-order valence-electron chi connectivity index (χ3n) is 3.79. The first-order chi connectivity index (χ1) is 8.41. The second-order valence-electron chi connectivity index (χ2n) is 5.25. The van der Waals surface area contributed by atoms with Crippen LogP contribution in [0.2, 0.25) is 0 Å². The Kier molecular flexibility index (Phi) is 3.43. The van der Waals surface area contributed by atoms with Crippen LogP contribution in [-0.4, -0.2) is 26.9 Å². The molecule has 5 heteroatoms. The molecule has 1 heterocycles. The highest BCUT2D eigenvalue weighted by Gasteiger charge is 2.37. The van der Waals surface area contributed by atoms with E-state index >= 15 is 0 Å². The van der Waals surface area contributed by atoms with Crippen molar-refractivity contribution in [1.29, 1.82) is 0 Å². The third-order valence-corrected chi connectivity index (χ3v) is 3.79. The Labute approximate surface area is 107 Å². The van der Waals surface area contributed by atoms with Gasteiger partial charge in [0.25, 0.3) is 0 Å². The number of hydrogen-bond donors (Lipinski definition) is 2. The summed E-state index contributed by atoms with van der Waals surface area (Å²) in [6.45, 7) is 5.99. The van der Waals surface area contributed by atoms with Crippen molar-refractivity contribution < 1.29 is 9.90 Å². The molecule has 1 fully saturated rings. The SMILES string of the molecule is Cc1nn(C)c(C)c1C(C)NC(C(=O)O)C1CC1. The minimum atomic E-state index is -0.747. The second-order valence-corrected chi connectivity index (χ2v) is 5.25. The van der Waals surface area contributed by atoms with Crippen molar-refractivity contribution in [2.24, 2.45) is 13.0 Å². The lowest BCUT2D eigenvalue weighted by molar-refractivity contribution is -0.140. The quantitative estimate of drug-likeness (QED) is 0.833. The summed E-state index contributed by atoms with van der Waals surface area (Å²) in [6, 6.07) is -0.417. The Hall–Kier alpha value is -1.36. The highest BCUT2D eigenvalue weighted by molar-refractivity contribution is 5.74. The van der Waals surface area contributed by atoms with E-state index in [-0.39, 0.29) is 6.04 Å². The zero-order chi connectivity index (χ0) is 13.4. The monoisotopic (exact) mass is 251 g/mol. The fourth-order valence-corrected chi connectivity index (χ4v) is 2.61. The Morgan fingerprint density at radius 1 is 1.50 bits per heavy atom. The van der Waals surface area contributed by atoms with Gasteiger partial charge in [-0.3, -0.25) is 14.8 Å². The number of nitrogens with zero attached hydrogens (tertiary/aromatic N) is 2. The zero-order valence-electron chi connectivity index (χ0n) is 11.4. The number of hydrogen-bond acceptors (Lipinski definition) is 3. The van der Waals surface area contributed by atoms with Gasteiger partial charge in [0.05, 0.1) is 5.69 Å². The van der Waals surface area contributed by atoms with Gasteiger partial charge >= 0.3 is 5.97 Å². The molecule has 100 valence electrons. The maximum atomic E-state index is 11.2. The van der Waals surface area contributed by atoms with Gasteiger partial charge in [0.1, 0.15) is 6.04 Å². The summed E-state index contributed by atoms with van der Waals surface area (Å²) in [5.41, 5.74) is 3.17. The average Bonchev–Trinajstić information content (AvgIpc) is 3.05. The van der Waals surface area contributed by atoms with E-state index in [1.54, 1.807) is 0 Å². The molecule has 2 N–H and O–H groups in total. The number of aliphatic carboxylic acids is 1. The normalized spacial score (nSPS) is 18.7. The van der Waals surface area contributed by atoms with Crippen molar-refractivity contribution >= 4 is 5.97 Å². The number of carboxylic acid groups (broad SMARTS) is 1. The van der Waals surface area contributed by atoms with Crippen molar-refractivity contribution in [1.82, 2.24) is 15.1 Å². The van der Waals surface area contributed by atoms with E-state index in [1.807, 2.05) is 32.5 Å². The fraction of sp³-hybridized carbons (Fsp3) is 0.692. The lowest BCUT2D eigenvalue weighted by atomic mass is 10.0. The van der Waals surface area contributed by atoms with Crippen molar-refractivity contribution in [3.05, 3.63) is 17.0 Å². The topological polar surface area (TPSA) is 67.2 Å². The largest absolute Gasteiger partial charge is 0.480 e. The minimum Gasteiger partial charge on any atom is -0.480 e. The summed E-state index contributed by atoms with van der Waals surface area (Å²) in [4.78, 5) is 11.2. The van der Waals surface area contributed by atoms with Crippen molar-refractivity contribution in [3.63, 3.8) is 0 Å². The van der Waals surface area contributed by atoms with Gasteiger partial charge in [-0.15, -0.1) is 0 Å². The Bertz CT molecular complexity index is 463. The van der Waals surface area contributed by atoms with Gasteiger partial charge in [0.15, 0.2) is 0 Å². The summed E-state index contributed by atoms with van der Waals surface area (Å²) in [5, 5.41) is 16.9. The number of nitrogens with one attached hydrogen (secondary N) is 1. The molecule has 1 aliphatic rings. The molecule has 0 amide bonds. The van der Waals surface area contributed by atoms with Crippen LogP contribution in [0.25, 0.3) is 0 Å². The molecule has 5 nitrogen and oxygen atoms in total. The fourth-order valence-electron chi connectivity index (χ4n) is 2.61. The van der Waals surface area contributed by atoms with Crippen LogP contribution in [0.3, 0.4) is 0 Å². The van der Waals surface area contributed by atoms with E-state index in [4.69, 9.17) is 0 Å². The summed E-state index contributed by atoms with van der Waals surface area (Å²) < 4.78 is 1.84. The van der Waals surface area contributed by atoms with Crippen LogP contribution in [0.4, 0.5) is 0 Å². The first-order valence-electron chi connectivity index (χ1n) is 6.40. The number of carbonyl (C=O) groups is 1. The molecule has 0 spiro atoms. The van der Waals surface area contributed by atoms with Crippen molar-refractivity contribution in [2.45, 2.75) is 45.7 Å². The molecule has 0 bridgehead atoms. The Balaban J connectivity index is 2.15. The van der Waals surface area contributed by atoms with Gasteiger partial charge in [-0.25, -0.2) is 0 Å². The first kappa shape index (κ1) is 13.1. The first-order valence-corrected chi connectivity index (χ1v) is 6.40. The molecule has 1 aliphatic carbocycles. The summed E-state index contributed by atoms with van der Waals surface area (Å²) >= 11 is 0. The number of aromatic nitrogens is 2. The van der Waals surface area contributed by atoms with Gasteiger partial charge in [0, 0.05) is 24.3 Å². The van der Waals surface area contributed by atoms with Crippen molar-refractivity contribution in [2.75, 3.05) is 0 Å². The predicted octanol–water partition coefficient (Wildman–Crippen LogP) is 1.55. The molecule has 0 radical (unpaired) electrons. The van der Waals surface area contributed by atoms with E-state index < -0.39 is 12.0 Å². The molecule has 18 heavy (non-hydrogen) atoms. The summed E-state index contributed by atoms with van der Waals surface area (Å²) in [7, 11) is 1.91. The van der Waals surface area contributed by atoms with Gasteiger partial charge < -0.3 is 5.11 Å². The smallest absolute Gasteiger partial charge is 0.320 e. The van der Waals surface area contributed by atoms with Gasteiger partial charge in [0.2, 0.25) is 0 Å². The highest BCUT2D eigenvalue weighted by atomic mass is 16.4. The third kappa shape index (κ3) is 2.41. The van der Waals surface area contributed by atoms with E-state index in [2.05, 4.69) is 10.4 Å². The lowest BCUT2D eigenvalue weighted by Crippen LogP contribution is -2.40. The summed E-state index contributed by atoms with van der Waals surface area (Å²) in [6.07, 6.45) is 2.03. The van der Waals surface area contributed by atoms with E-state index in [0.29, 0.717) is 5.92 Å². The molecule has 2 rings (SSSR count). The maximum absolute atomic E-state index is 11.2. The minimum absolute atomic E-state index is 0.0143. The number of carboxylic acids is 1. The highest BCUT2D eigenvalue weighted by Crippen LogP contribution is 2.34. The molecule has 2 unspecified atom stereocenters. The molecular formula is C13H21N3O2. The molecular weight excluding hydrogens is 230 g/mol. The molecule has 1 aromatic rings. The Morgan fingerprint density at radius 3 is 2.50 bits per heavy atom. The second kappa shape index (κ2) is 4.72. The standard InChI is InChI=1S/C13H21N3O2/c1-7(11-8(2)15-16(4)9(11)3)14-12(13(17)18)10-5-6-10/h7,10,12,14H,5-6H2,1-4H3,(H,17,18). The average molecular weight is 251 g/mol. The zero-order valence-corrected chi connectivity index (χ0v) is 11.4. The van der Waals surface area contributed by atoms with E-state index in [9.17, 15) is 9.90 Å². The molecule has 0 saturated heterocycles. The van der Waals surface area contributed by atoms with Crippen LogP contribution in [0, 0.1) is 19.8 Å². The van der Waals surface area contributed by atoms with Gasteiger partial charge in [-0.1, -0.05) is 0 Å². The van der Waals surface area contributed by atoms with Gasteiger partial charge in [-0.05, 0) is 39.5 Å². The molecule has 2 atom stereocenters. The Morgan fingerprint density at radius 2 is 2.11 bits per heavy atom. The van der Waals surface area contributed by atoms with Crippen LogP contribution in [0.5, 0.6) is 0 Å². The van der Waals surface area contributed by atoms with E-state index in [0.717, 1.165) is 29.8 Å². The van der Waals surface area contributed by atoms with Crippen LogP contribution in [0.1, 0.15) is 42.8 Å². The molecule has 0 aliphatic heterocycles. The predicted molar refractivity (Wildman–Crippen MR) is 68.4 cm³/mol. The van der Waals surface area contributed by atoms with Gasteiger partial charge in [-0.2, -0.15) is 5.10 Å². The molecule has 1 aromatic heterocycles. The maximum Gasteiger partial charge on any atom is 0.320 e. The van der Waals surface area contributed by atoms with Crippen LogP contribution in [0.15, 0.2) is 0 Å². The van der Waals surface area contributed by atoms with E-state index in [1.165, 1.54) is 0 Å². The van der Waals surface area contributed by atoms with Crippen LogP contribution in [-0.2, 0) is 11.8 Å².